The van der Waals surface area contributed by atoms with E-state index in [0.29, 0.717) is 12.1 Å². The van der Waals surface area contributed by atoms with Gasteiger partial charge in [-0.3, -0.25) is 4.79 Å². The van der Waals surface area contributed by atoms with Gasteiger partial charge in [0.25, 0.3) is 0 Å². The Kier molecular flexibility index (Phi) is 16.7. The predicted octanol–water partition coefficient (Wildman–Crippen LogP) is 11.0. The number of ketones is 1. The van der Waals surface area contributed by atoms with Gasteiger partial charge in [0.2, 0.25) is 0 Å². The standard InChI is InChI=1S/C34H52N2O4/c1-3-5-7-9-11-12-13-15-16-18-20-27-22-24-28(25-23-27)35-36-33-31(39)26-30(38)32(34(33)40)29(37)21-19-17-14-10-8-6-4-2/h22-26,38-40H,3-21H2,1-2H3. The molecule has 2 aromatic rings. The number of carbonyl (C=O) groups excluding carboxylic acids is 1. The van der Waals surface area contributed by atoms with E-state index >= 15 is 0 Å². The van der Waals surface area contributed by atoms with Crippen molar-refractivity contribution in [2.45, 2.75) is 136 Å². The number of hydrogen-bond donors (Lipinski definition) is 3. The fraction of sp³-hybridized carbons (Fsp3) is 0.618. The van der Waals surface area contributed by atoms with Gasteiger partial charge < -0.3 is 15.3 Å². The molecule has 0 aliphatic rings. The van der Waals surface area contributed by atoms with Crippen molar-refractivity contribution in [3.63, 3.8) is 0 Å². The van der Waals surface area contributed by atoms with Crippen molar-refractivity contribution >= 4 is 17.2 Å². The molecule has 6 nitrogen and oxygen atoms in total. The summed E-state index contributed by atoms with van der Waals surface area (Å²) in [5, 5.41) is 39.3. The van der Waals surface area contributed by atoms with Gasteiger partial charge in [0.05, 0.1) is 5.69 Å². The first kappa shape index (κ1) is 33.3. The summed E-state index contributed by atoms with van der Waals surface area (Å²) < 4.78 is 0. The van der Waals surface area contributed by atoms with Gasteiger partial charge in [0.15, 0.2) is 23.0 Å². The number of azo groups is 1. The fourth-order valence-corrected chi connectivity index (χ4v) is 5.03. The minimum atomic E-state index is -0.535. The summed E-state index contributed by atoms with van der Waals surface area (Å²) in [5.41, 5.74) is 1.40. The number of benzene rings is 2. The number of aromatic hydroxyl groups is 3. The van der Waals surface area contributed by atoms with Crippen LogP contribution in [0.2, 0.25) is 0 Å². The molecule has 2 aromatic carbocycles. The molecule has 0 bridgehead atoms. The molecule has 0 amide bonds. The molecule has 3 N–H and O–H groups in total. The van der Waals surface area contributed by atoms with E-state index in [-0.39, 0.29) is 23.5 Å². The van der Waals surface area contributed by atoms with E-state index in [0.717, 1.165) is 31.7 Å². The maximum atomic E-state index is 12.7. The van der Waals surface area contributed by atoms with Crippen LogP contribution >= 0.6 is 0 Å². The van der Waals surface area contributed by atoms with Crippen LogP contribution in [0.25, 0.3) is 0 Å². The van der Waals surface area contributed by atoms with Crippen molar-refractivity contribution in [2.24, 2.45) is 10.2 Å². The van der Waals surface area contributed by atoms with E-state index in [9.17, 15) is 20.1 Å². The summed E-state index contributed by atoms with van der Waals surface area (Å²) in [6, 6.07) is 8.81. The zero-order valence-corrected chi connectivity index (χ0v) is 25.0. The first-order valence-corrected chi connectivity index (χ1v) is 15.8. The number of nitrogens with zero attached hydrogens (tertiary/aromatic N) is 2. The normalized spacial score (nSPS) is 11.4. The predicted molar refractivity (Wildman–Crippen MR) is 165 cm³/mol. The van der Waals surface area contributed by atoms with Crippen LogP contribution in [0.3, 0.4) is 0 Å². The second-order valence-electron chi connectivity index (χ2n) is 11.1. The van der Waals surface area contributed by atoms with E-state index in [1.807, 2.05) is 24.3 Å². The Morgan fingerprint density at radius 1 is 0.625 bits per heavy atom. The molecule has 40 heavy (non-hydrogen) atoms. The summed E-state index contributed by atoms with van der Waals surface area (Å²) in [4.78, 5) is 12.7. The van der Waals surface area contributed by atoms with Crippen molar-refractivity contribution in [1.29, 1.82) is 0 Å². The zero-order chi connectivity index (χ0) is 29.0. The van der Waals surface area contributed by atoms with Gasteiger partial charge in [-0.25, -0.2) is 0 Å². The minimum absolute atomic E-state index is 0.204. The van der Waals surface area contributed by atoms with E-state index in [1.54, 1.807) is 0 Å². The number of hydrogen-bond acceptors (Lipinski definition) is 6. The van der Waals surface area contributed by atoms with Crippen molar-refractivity contribution in [3.05, 3.63) is 41.5 Å². The molecular formula is C34H52N2O4. The highest BCUT2D eigenvalue weighted by Crippen LogP contribution is 2.44. The molecule has 0 aliphatic carbocycles. The van der Waals surface area contributed by atoms with E-state index < -0.39 is 17.2 Å². The third-order valence-electron chi connectivity index (χ3n) is 7.54. The van der Waals surface area contributed by atoms with Gasteiger partial charge in [0, 0.05) is 12.5 Å². The molecule has 0 saturated carbocycles. The molecule has 0 atom stereocenters. The van der Waals surface area contributed by atoms with E-state index in [1.165, 1.54) is 89.0 Å². The smallest absolute Gasteiger partial charge is 0.170 e. The molecule has 0 aliphatic heterocycles. The van der Waals surface area contributed by atoms with Gasteiger partial charge >= 0.3 is 0 Å². The lowest BCUT2D eigenvalue weighted by Crippen LogP contribution is -2.00. The van der Waals surface area contributed by atoms with Crippen LogP contribution in [0, 0.1) is 0 Å². The molecule has 0 spiro atoms. The summed E-state index contributed by atoms with van der Waals surface area (Å²) in [5.74, 6) is -1.77. The monoisotopic (exact) mass is 552 g/mol. The number of phenolic OH excluding ortho intramolecular Hbond substituents is 3. The van der Waals surface area contributed by atoms with E-state index in [2.05, 4.69) is 24.1 Å². The Labute approximate surface area is 242 Å². The van der Waals surface area contributed by atoms with Gasteiger partial charge in [-0.2, -0.15) is 5.11 Å². The number of phenols is 3. The highest BCUT2D eigenvalue weighted by molar-refractivity contribution is 6.03. The second-order valence-corrected chi connectivity index (χ2v) is 11.1. The largest absolute Gasteiger partial charge is 0.507 e. The van der Waals surface area contributed by atoms with Crippen LogP contribution in [-0.4, -0.2) is 21.1 Å². The Morgan fingerprint density at radius 2 is 1.12 bits per heavy atom. The second kappa shape index (κ2) is 20.1. The van der Waals surface area contributed by atoms with Crippen LogP contribution in [0.1, 0.15) is 145 Å². The molecule has 0 aromatic heterocycles. The maximum Gasteiger partial charge on any atom is 0.170 e. The Hall–Kier alpha value is -2.89. The van der Waals surface area contributed by atoms with Crippen molar-refractivity contribution < 1.29 is 20.1 Å². The number of rotatable bonds is 22. The number of unbranched alkanes of at least 4 members (excludes halogenated alkanes) is 15. The molecule has 0 heterocycles. The molecule has 0 unspecified atom stereocenters. The number of carbonyl (C=O) groups is 1. The summed E-state index contributed by atoms with van der Waals surface area (Å²) in [6.07, 6.45) is 21.9. The molecular weight excluding hydrogens is 500 g/mol. The minimum Gasteiger partial charge on any atom is -0.507 e. The summed E-state index contributed by atoms with van der Waals surface area (Å²) in [7, 11) is 0. The van der Waals surface area contributed by atoms with Crippen LogP contribution in [0.4, 0.5) is 11.4 Å². The molecule has 2 rings (SSSR count). The highest BCUT2D eigenvalue weighted by atomic mass is 16.3. The Balaban J connectivity index is 1.82. The fourth-order valence-electron chi connectivity index (χ4n) is 5.03. The average Bonchev–Trinajstić information content (AvgIpc) is 2.94. The van der Waals surface area contributed by atoms with Crippen molar-refractivity contribution in [1.82, 2.24) is 0 Å². The van der Waals surface area contributed by atoms with Gasteiger partial charge in [-0.05, 0) is 37.0 Å². The maximum absolute atomic E-state index is 12.7. The van der Waals surface area contributed by atoms with Gasteiger partial charge in [-0.15, -0.1) is 5.11 Å². The number of aryl methyl sites for hydroxylation is 1. The molecule has 222 valence electrons. The highest BCUT2D eigenvalue weighted by Gasteiger charge is 2.22. The van der Waals surface area contributed by atoms with Crippen molar-refractivity contribution in [3.8, 4) is 17.2 Å². The summed E-state index contributed by atoms with van der Waals surface area (Å²) in [6.45, 7) is 4.43. The SMILES string of the molecule is CCCCCCCCCCCCc1ccc(N=Nc2c(O)cc(O)c(C(=O)CCCCCCCCC)c2O)cc1. The van der Waals surface area contributed by atoms with Gasteiger partial charge in [-0.1, -0.05) is 122 Å². The molecule has 0 radical (unpaired) electrons. The Morgan fingerprint density at radius 3 is 1.68 bits per heavy atom. The van der Waals surface area contributed by atoms with Gasteiger partial charge in [0.1, 0.15) is 11.3 Å². The van der Waals surface area contributed by atoms with Crippen LogP contribution < -0.4 is 0 Å². The quantitative estimate of drug-likeness (QED) is 0.0767. The molecule has 0 saturated heterocycles. The van der Waals surface area contributed by atoms with Crippen LogP contribution in [0.5, 0.6) is 17.2 Å². The first-order chi connectivity index (χ1) is 19.5. The zero-order valence-electron chi connectivity index (χ0n) is 25.0. The van der Waals surface area contributed by atoms with Crippen LogP contribution in [-0.2, 0) is 6.42 Å². The summed E-state index contributed by atoms with van der Waals surface area (Å²) >= 11 is 0. The lowest BCUT2D eigenvalue weighted by molar-refractivity contribution is 0.0973. The first-order valence-electron chi connectivity index (χ1n) is 15.8. The molecule has 6 heteroatoms. The molecule has 0 fully saturated rings. The Bertz CT molecular complexity index is 1020. The lowest BCUT2D eigenvalue weighted by Gasteiger charge is -2.10. The third kappa shape index (κ3) is 12.5. The number of Topliss-reactive ketones (excluding diaryl/α,β-unsaturated/α-hetero) is 1. The average molecular weight is 553 g/mol. The van der Waals surface area contributed by atoms with Crippen LogP contribution in [0.15, 0.2) is 40.6 Å². The van der Waals surface area contributed by atoms with E-state index in [4.69, 9.17) is 0 Å². The lowest BCUT2D eigenvalue weighted by atomic mass is 10.0. The topological polar surface area (TPSA) is 102 Å². The van der Waals surface area contributed by atoms with Crippen molar-refractivity contribution in [2.75, 3.05) is 0 Å². The third-order valence-corrected chi connectivity index (χ3v) is 7.54.